The second-order valence-electron chi connectivity index (χ2n) is 7.54. The minimum absolute atomic E-state index is 0. The number of methoxy groups -OCH3 is 1. The Morgan fingerprint density at radius 3 is 2.57 bits per heavy atom. The Morgan fingerprint density at radius 1 is 1.32 bits per heavy atom. The van der Waals surface area contributed by atoms with Crippen molar-refractivity contribution >= 4 is 29.9 Å². The molecule has 0 aliphatic carbocycles. The van der Waals surface area contributed by atoms with Crippen molar-refractivity contribution in [3.8, 4) is 5.75 Å². The van der Waals surface area contributed by atoms with E-state index in [1.165, 1.54) is 5.56 Å². The van der Waals surface area contributed by atoms with Crippen molar-refractivity contribution in [2.75, 3.05) is 47.5 Å². The highest BCUT2D eigenvalue weighted by molar-refractivity contribution is 14.0. The van der Waals surface area contributed by atoms with Gasteiger partial charge in [-0.1, -0.05) is 17.7 Å². The first-order chi connectivity index (χ1) is 12.9. The second-order valence-corrected chi connectivity index (χ2v) is 7.54. The first-order valence-corrected chi connectivity index (χ1v) is 9.86. The van der Waals surface area contributed by atoms with Crippen molar-refractivity contribution in [1.29, 1.82) is 0 Å². The normalized spacial score (nSPS) is 17.6. The maximum atomic E-state index is 5.57. The Kier molecular flexibility index (Phi) is 10.5. The predicted octanol–water partition coefficient (Wildman–Crippen LogP) is 3.35. The number of likely N-dealkylation sites (N-methyl/N-ethyl adjacent to an activating group) is 1. The summed E-state index contributed by atoms with van der Waals surface area (Å²) < 4.78 is 11.1. The van der Waals surface area contributed by atoms with Crippen LogP contribution < -0.4 is 15.4 Å². The number of guanidine groups is 1. The van der Waals surface area contributed by atoms with E-state index >= 15 is 0 Å². The second kappa shape index (κ2) is 11.8. The molecule has 2 rings (SSSR count). The van der Waals surface area contributed by atoms with Gasteiger partial charge in [0.1, 0.15) is 5.75 Å². The van der Waals surface area contributed by atoms with Gasteiger partial charge < -0.3 is 25.0 Å². The fraction of sp³-hybridized carbons (Fsp3) is 0.667. The van der Waals surface area contributed by atoms with E-state index in [0.717, 1.165) is 56.4 Å². The summed E-state index contributed by atoms with van der Waals surface area (Å²) in [7, 11) is 6.00. The molecule has 1 fully saturated rings. The Hall–Kier alpha value is -1.06. The molecule has 1 aliphatic rings. The van der Waals surface area contributed by atoms with Crippen LogP contribution in [0.3, 0.4) is 0 Å². The van der Waals surface area contributed by atoms with Crippen LogP contribution >= 0.6 is 24.0 Å². The third-order valence-electron chi connectivity index (χ3n) is 5.45. The third-order valence-corrected chi connectivity index (χ3v) is 5.45. The van der Waals surface area contributed by atoms with E-state index in [0.29, 0.717) is 0 Å². The Balaban J connectivity index is 0.00000392. The van der Waals surface area contributed by atoms with E-state index < -0.39 is 0 Å². The standard InChI is InChI=1S/C21H36N4O2.HI/c1-7-22-20(23-15-21(25(4)5)10-12-27-13-11-21)24-17(3)18-14-16(2)8-9-19(18)26-6;/h8-9,14,17H,7,10-13,15H2,1-6H3,(H2,22,23,24);1H. The van der Waals surface area contributed by atoms with Crippen LogP contribution in [0, 0.1) is 6.92 Å². The van der Waals surface area contributed by atoms with E-state index in [2.05, 4.69) is 62.5 Å². The van der Waals surface area contributed by atoms with Crippen molar-refractivity contribution in [2.45, 2.75) is 45.2 Å². The van der Waals surface area contributed by atoms with E-state index in [1.807, 2.05) is 6.07 Å². The molecular formula is C21H37IN4O2. The van der Waals surface area contributed by atoms with Gasteiger partial charge in [0.05, 0.1) is 19.7 Å². The molecule has 160 valence electrons. The molecule has 1 aliphatic heterocycles. The van der Waals surface area contributed by atoms with Gasteiger partial charge in [0.15, 0.2) is 5.96 Å². The van der Waals surface area contributed by atoms with Gasteiger partial charge in [-0.15, -0.1) is 24.0 Å². The highest BCUT2D eigenvalue weighted by atomic mass is 127. The minimum atomic E-state index is 0. The van der Waals surface area contributed by atoms with Crippen LogP contribution in [0.1, 0.15) is 43.9 Å². The van der Waals surface area contributed by atoms with Crippen LogP contribution in [0.2, 0.25) is 0 Å². The largest absolute Gasteiger partial charge is 0.496 e. The molecule has 2 N–H and O–H groups in total. The molecule has 1 atom stereocenters. The summed E-state index contributed by atoms with van der Waals surface area (Å²) in [6, 6.07) is 6.35. The van der Waals surface area contributed by atoms with Gasteiger partial charge in [-0.05, 0) is 53.8 Å². The first kappa shape index (κ1) is 25.0. The lowest BCUT2D eigenvalue weighted by Crippen LogP contribution is -2.51. The SMILES string of the molecule is CCNC(=NCC1(N(C)C)CCOCC1)NC(C)c1cc(C)ccc1OC.I. The van der Waals surface area contributed by atoms with Crippen LogP contribution in [-0.4, -0.2) is 63.9 Å². The number of aryl methyl sites for hydroxylation is 1. The van der Waals surface area contributed by atoms with E-state index in [9.17, 15) is 0 Å². The van der Waals surface area contributed by atoms with Gasteiger partial charge in [-0.2, -0.15) is 0 Å². The van der Waals surface area contributed by atoms with Gasteiger partial charge in [0, 0.05) is 30.9 Å². The first-order valence-electron chi connectivity index (χ1n) is 9.86. The molecule has 1 saturated heterocycles. The average Bonchev–Trinajstić information content (AvgIpc) is 2.66. The van der Waals surface area contributed by atoms with Crippen LogP contribution in [0.5, 0.6) is 5.75 Å². The predicted molar refractivity (Wildman–Crippen MR) is 127 cm³/mol. The number of hydrogen-bond donors (Lipinski definition) is 2. The van der Waals surface area contributed by atoms with E-state index in [-0.39, 0.29) is 35.6 Å². The average molecular weight is 504 g/mol. The van der Waals surface area contributed by atoms with Crippen molar-refractivity contribution in [2.24, 2.45) is 4.99 Å². The molecule has 0 radical (unpaired) electrons. The van der Waals surface area contributed by atoms with Crippen molar-refractivity contribution in [1.82, 2.24) is 15.5 Å². The lowest BCUT2D eigenvalue weighted by Gasteiger charge is -2.41. The van der Waals surface area contributed by atoms with Gasteiger partial charge in [0.25, 0.3) is 0 Å². The zero-order chi connectivity index (χ0) is 19.9. The molecule has 7 heteroatoms. The fourth-order valence-electron chi connectivity index (χ4n) is 3.52. The van der Waals surface area contributed by atoms with Crippen molar-refractivity contribution < 1.29 is 9.47 Å². The lowest BCUT2D eigenvalue weighted by molar-refractivity contribution is -0.00255. The summed E-state index contributed by atoms with van der Waals surface area (Å²) in [5, 5.41) is 6.92. The Morgan fingerprint density at radius 2 is 2.00 bits per heavy atom. The number of hydrogen-bond acceptors (Lipinski definition) is 4. The van der Waals surface area contributed by atoms with Gasteiger partial charge in [-0.3, -0.25) is 4.99 Å². The van der Waals surface area contributed by atoms with Gasteiger partial charge >= 0.3 is 0 Å². The molecule has 0 saturated carbocycles. The zero-order valence-electron chi connectivity index (χ0n) is 18.2. The molecule has 1 heterocycles. The molecule has 0 aromatic heterocycles. The topological polar surface area (TPSA) is 58.1 Å². The number of nitrogens with one attached hydrogen (secondary N) is 2. The zero-order valence-corrected chi connectivity index (χ0v) is 20.5. The minimum Gasteiger partial charge on any atom is -0.496 e. The molecule has 0 spiro atoms. The monoisotopic (exact) mass is 504 g/mol. The number of halogens is 1. The fourth-order valence-corrected chi connectivity index (χ4v) is 3.52. The Labute approximate surface area is 187 Å². The molecule has 0 amide bonds. The van der Waals surface area contributed by atoms with Crippen LogP contribution in [0.4, 0.5) is 0 Å². The van der Waals surface area contributed by atoms with Crippen molar-refractivity contribution in [3.05, 3.63) is 29.3 Å². The van der Waals surface area contributed by atoms with Gasteiger partial charge in [0.2, 0.25) is 0 Å². The highest BCUT2D eigenvalue weighted by Gasteiger charge is 2.34. The molecule has 28 heavy (non-hydrogen) atoms. The van der Waals surface area contributed by atoms with Crippen molar-refractivity contribution in [3.63, 3.8) is 0 Å². The number of ether oxygens (including phenoxy) is 2. The molecule has 1 aromatic carbocycles. The lowest BCUT2D eigenvalue weighted by atomic mass is 9.89. The summed E-state index contributed by atoms with van der Waals surface area (Å²) in [6.07, 6.45) is 2.01. The van der Waals surface area contributed by atoms with Crippen LogP contribution in [-0.2, 0) is 4.74 Å². The quantitative estimate of drug-likeness (QED) is 0.339. The van der Waals surface area contributed by atoms with Crippen LogP contribution in [0.15, 0.2) is 23.2 Å². The number of aliphatic imine (C=N–C) groups is 1. The number of nitrogens with zero attached hydrogens (tertiary/aromatic N) is 2. The van der Waals surface area contributed by atoms with E-state index in [1.54, 1.807) is 7.11 Å². The van der Waals surface area contributed by atoms with E-state index in [4.69, 9.17) is 14.5 Å². The Bertz CT molecular complexity index is 631. The molecular weight excluding hydrogens is 467 g/mol. The summed E-state index contributed by atoms with van der Waals surface area (Å²) in [4.78, 5) is 7.23. The third kappa shape index (κ3) is 6.49. The maximum Gasteiger partial charge on any atom is 0.191 e. The molecule has 1 unspecified atom stereocenters. The highest BCUT2D eigenvalue weighted by Crippen LogP contribution is 2.27. The molecule has 1 aromatic rings. The summed E-state index contributed by atoms with van der Waals surface area (Å²) in [5.74, 6) is 1.73. The smallest absolute Gasteiger partial charge is 0.191 e. The number of benzene rings is 1. The molecule has 6 nitrogen and oxygen atoms in total. The molecule has 0 bridgehead atoms. The maximum absolute atomic E-state index is 5.57. The van der Waals surface area contributed by atoms with Gasteiger partial charge in [-0.25, -0.2) is 0 Å². The summed E-state index contributed by atoms with van der Waals surface area (Å²) >= 11 is 0. The summed E-state index contributed by atoms with van der Waals surface area (Å²) in [5.41, 5.74) is 2.41. The summed E-state index contributed by atoms with van der Waals surface area (Å²) in [6.45, 7) is 9.49. The van der Waals surface area contributed by atoms with Crippen LogP contribution in [0.25, 0.3) is 0 Å². The number of rotatable bonds is 7.